The summed E-state index contributed by atoms with van der Waals surface area (Å²) in [4.78, 5) is 28.0. The van der Waals surface area contributed by atoms with Crippen molar-refractivity contribution in [1.82, 2.24) is 10.2 Å². The molecule has 8 atom stereocenters. The molecule has 0 aromatic carbocycles. The van der Waals surface area contributed by atoms with Crippen molar-refractivity contribution in [3.63, 3.8) is 0 Å². The van der Waals surface area contributed by atoms with Gasteiger partial charge in [0.25, 0.3) is 0 Å². The Morgan fingerprint density at radius 1 is 0.923 bits per heavy atom. The zero-order valence-electron chi connectivity index (χ0n) is 25.1. The summed E-state index contributed by atoms with van der Waals surface area (Å²) in [6.45, 7) is 18.0. The Morgan fingerprint density at radius 2 is 1.62 bits per heavy atom. The van der Waals surface area contributed by atoms with Crippen LogP contribution >= 0.6 is 11.3 Å². The molecule has 6 heteroatoms. The lowest BCUT2D eigenvalue weighted by Gasteiger charge is -2.71. The van der Waals surface area contributed by atoms with E-state index in [-0.39, 0.29) is 56.5 Å². The van der Waals surface area contributed by atoms with E-state index in [9.17, 15) is 14.9 Å². The first kappa shape index (κ1) is 27.3. The SMILES string of the molecule is Cc1nnc([C@]23CCC(C)(C)C[C@H]2[C@H]2C(=O)C[C@@H]4[C@@]5(C)C=C(C#N)C(=O)C(C)(C)[C@@H]5CC[C@@]4(C)[C@]2(C)CC3)s1. The first-order valence-electron chi connectivity index (χ1n) is 15.1. The highest BCUT2D eigenvalue weighted by Crippen LogP contribution is 2.76. The van der Waals surface area contributed by atoms with Gasteiger partial charge in [0.1, 0.15) is 21.9 Å². The molecule has 4 saturated carbocycles. The van der Waals surface area contributed by atoms with Gasteiger partial charge < -0.3 is 0 Å². The molecule has 0 unspecified atom stereocenters. The lowest BCUT2D eigenvalue weighted by atomic mass is 9.31. The van der Waals surface area contributed by atoms with Gasteiger partial charge in [-0.3, -0.25) is 9.59 Å². The highest BCUT2D eigenvalue weighted by molar-refractivity contribution is 7.11. The topological polar surface area (TPSA) is 83.7 Å². The molecule has 5 aliphatic rings. The predicted molar refractivity (Wildman–Crippen MR) is 153 cm³/mol. The molecule has 4 fully saturated rings. The average Bonchev–Trinajstić information content (AvgIpc) is 3.29. The number of Topliss-reactive ketones (excluding diaryl/α,β-unsaturated/α-hetero) is 2. The Balaban J connectivity index is 1.49. The molecule has 5 nitrogen and oxygen atoms in total. The maximum Gasteiger partial charge on any atom is 0.178 e. The van der Waals surface area contributed by atoms with Crippen molar-refractivity contribution in [2.45, 2.75) is 112 Å². The lowest BCUT2D eigenvalue weighted by molar-refractivity contribution is -0.214. The van der Waals surface area contributed by atoms with Gasteiger partial charge in [0.15, 0.2) is 5.78 Å². The fraction of sp³-hybridized carbons (Fsp3) is 0.788. The number of fused-ring (bicyclic) bond motifs is 7. The fourth-order valence-corrected chi connectivity index (χ4v) is 12.2. The van der Waals surface area contributed by atoms with Crippen LogP contribution < -0.4 is 0 Å². The summed E-state index contributed by atoms with van der Waals surface area (Å²) in [6.07, 6.45) is 9.93. The highest BCUT2D eigenvalue weighted by Gasteiger charge is 2.72. The van der Waals surface area contributed by atoms with Crippen LogP contribution in [0.4, 0.5) is 0 Å². The van der Waals surface area contributed by atoms with Crippen molar-refractivity contribution in [3.05, 3.63) is 21.7 Å². The maximum atomic E-state index is 14.7. The first-order chi connectivity index (χ1) is 18.1. The van der Waals surface area contributed by atoms with Gasteiger partial charge in [-0.1, -0.05) is 54.5 Å². The third-order valence-corrected chi connectivity index (χ3v) is 14.5. The molecule has 1 aromatic rings. The molecule has 6 rings (SSSR count). The van der Waals surface area contributed by atoms with Gasteiger partial charge in [-0.05, 0) is 91.3 Å². The van der Waals surface area contributed by atoms with Crippen LogP contribution in [-0.4, -0.2) is 21.8 Å². The summed E-state index contributed by atoms with van der Waals surface area (Å²) >= 11 is 1.75. The van der Waals surface area contributed by atoms with Crippen molar-refractivity contribution >= 4 is 22.9 Å². The minimum absolute atomic E-state index is 0.00841. The van der Waals surface area contributed by atoms with Crippen LogP contribution in [0.15, 0.2) is 11.6 Å². The maximum absolute atomic E-state index is 14.7. The predicted octanol–water partition coefficient (Wildman–Crippen LogP) is 7.40. The summed E-state index contributed by atoms with van der Waals surface area (Å²) in [7, 11) is 0. The zero-order valence-corrected chi connectivity index (χ0v) is 25.9. The number of ketones is 2. The number of aryl methyl sites for hydroxylation is 1. The van der Waals surface area contributed by atoms with Crippen molar-refractivity contribution in [3.8, 4) is 6.07 Å². The van der Waals surface area contributed by atoms with Crippen molar-refractivity contribution < 1.29 is 9.59 Å². The van der Waals surface area contributed by atoms with Crippen LogP contribution in [0.3, 0.4) is 0 Å². The van der Waals surface area contributed by atoms with Crippen LogP contribution in [0.5, 0.6) is 0 Å². The number of carbonyl (C=O) groups excluding carboxylic acids is 2. The van der Waals surface area contributed by atoms with E-state index in [1.165, 1.54) is 0 Å². The van der Waals surface area contributed by atoms with Crippen LogP contribution in [0.25, 0.3) is 0 Å². The highest BCUT2D eigenvalue weighted by atomic mass is 32.1. The molecule has 1 aromatic heterocycles. The number of rotatable bonds is 1. The van der Waals surface area contributed by atoms with Crippen molar-refractivity contribution in [2.24, 2.45) is 50.7 Å². The van der Waals surface area contributed by atoms with E-state index in [1.807, 2.05) is 26.8 Å². The van der Waals surface area contributed by atoms with E-state index in [4.69, 9.17) is 5.10 Å². The third-order valence-electron chi connectivity index (χ3n) is 13.4. The number of hydrogen-bond donors (Lipinski definition) is 0. The van der Waals surface area contributed by atoms with Crippen LogP contribution in [0, 0.1) is 69.0 Å². The minimum atomic E-state index is -0.596. The van der Waals surface area contributed by atoms with Gasteiger partial charge in [0.05, 0.1) is 5.57 Å². The van der Waals surface area contributed by atoms with E-state index in [0.717, 1.165) is 55.0 Å². The number of aromatic nitrogens is 2. The molecular formula is C33H45N3O2S. The smallest absolute Gasteiger partial charge is 0.178 e. The van der Waals surface area contributed by atoms with E-state index in [0.29, 0.717) is 17.8 Å². The number of nitrogens with zero attached hydrogens (tertiary/aromatic N) is 3. The molecule has 1 heterocycles. The number of nitriles is 1. The molecule has 0 saturated heterocycles. The number of carbonyl (C=O) groups is 2. The molecular weight excluding hydrogens is 502 g/mol. The molecule has 5 aliphatic carbocycles. The van der Waals surface area contributed by atoms with Crippen molar-refractivity contribution in [1.29, 1.82) is 5.26 Å². The second-order valence-electron chi connectivity index (χ2n) is 16.0. The number of allylic oxidation sites excluding steroid dienone is 2. The molecule has 0 aliphatic heterocycles. The third kappa shape index (κ3) is 3.35. The van der Waals surface area contributed by atoms with Crippen LogP contribution in [0.2, 0.25) is 0 Å². The molecule has 39 heavy (non-hydrogen) atoms. The van der Waals surface area contributed by atoms with E-state index >= 15 is 0 Å². The molecule has 0 amide bonds. The second kappa shape index (κ2) is 8.11. The first-order valence-corrected chi connectivity index (χ1v) is 15.9. The Morgan fingerprint density at radius 3 is 2.26 bits per heavy atom. The quantitative estimate of drug-likeness (QED) is 0.366. The standard InChI is InChI=1S/C33H45N3O2S/c1-19-35-36-27(39-19)33-13-11-28(2,3)17-21(33)25-22(37)15-24-30(6)16-20(18-34)26(38)29(4,5)23(30)9-10-31(24,7)32(25,8)12-14-33/h16,21,23-25H,9-15,17H2,1-8H3/t21-,23-,24+,25-,30-,31+,32+,33-/m0/s1. The Kier molecular flexibility index (Phi) is 5.68. The lowest BCUT2D eigenvalue weighted by Crippen LogP contribution is -2.69. The van der Waals surface area contributed by atoms with Gasteiger partial charge in [-0.25, -0.2) is 0 Å². The second-order valence-corrected chi connectivity index (χ2v) is 17.2. The largest absolute Gasteiger partial charge is 0.299 e. The van der Waals surface area contributed by atoms with Crippen LogP contribution in [0.1, 0.15) is 110 Å². The van der Waals surface area contributed by atoms with Gasteiger partial charge in [0.2, 0.25) is 0 Å². The zero-order chi connectivity index (χ0) is 28.4. The van der Waals surface area contributed by atoms with Crippen LogP contribution in [-0.2, 0) is 15.0 Å². The van der Waals surface area contributed by atoms with Gasteiger partial charge in [0, 0.05) is 23.2 Å². The molecule has 0 radical (unpaired) electrons. The molecule has 0 spiro atoms. The van der Waals surface area contributed by atoms with Gasteiger partial charge in [-0.15, -0.1) is 21.5 Å². The fourth-order valence-electron chi connectivity index (χ4n) is 11.2. The Labute approximate surface area is 238 Å². The molecule has 210 valence electrons. The van der Waals surface area contributed by atoms with E-state index in [2.05, 4.69) is 45.8 Å². The summed E-state index contributed by atoms with van der Waals surface area (Å²) in [6, 6.07) is 2.24. The summed E-state index contributed by atoms with van der Waals surface area (Å²) < 4.78 is 0. The monoisotopic (exact) mass is 547 g/mol. The van der Waals surface area contributed by atoms with Gasteiger partial charge >= 0.3 is 0 Å². The van der Waals surface area contributed by atoms with E-state index < -0.39 is 5.41 Å². The number of hydrogen-bond acceptors (Lipinski definition) is 6. The van der Waals surface area contributed by atoms with E-state index in [1.54, 1.807) is 11.3 Å². The molecule has 0 N–H and O–H groups in total. The summed E-state index contributed by atoms with van der Waals surface area (Å²) in [5.74, 6) is 0.937. The Bertz CT molecular complexity index is 1330. The average molecular weight is 548 g/mol. The minimum Gasteiger partial charge on any atom is -0.299 e. The normalized spacial score (nSPS) is 46.2. The summed E-state index contributed by atoms with van der Waals surface area (Å²) in [5.41, 5.74) is -0.683. The molecule has 0 bridgehead atoms. The summed E-state index contributed by atoms with van der Waals surface area (Å²) in [5, 5.41) is 21.3. The van der Waals surface area contributed by atoms with Crippen molar-refractivity contribution in [2.75, 3.05) is 0 Å². The van der Waals surface area contributed by atoms with Gasteiger partial charge in [-0.2, -0.15) is 5.26 Å². The Hall–Kier alpha value is -1.87.